The third-order valence-corrected chi connectivity index (χ3v) is 4.26. The zero-order valence-electron chi connectivity index (χ0n) is 12.8. The summed E-state index contributed by atoms with van der Waals surface area (Å²) in [5, 5.41) is 12.1. The molecule has 0 radical (unpaired) electrons. The van der Waals surface area contributed by atoms with Crippen molar-refractivity contribution in [2.75, 3.05) is 0 Å². The van der Waals surface area contributed by atoms with Crippen LogP contribution in [0.1, 0.15) is 11.7 Å². The van der Waals surface area contributed by atoms with Crippen LogP contribution < -0.4 is 4.74 Å². The van der Waals surface area contributed by atoms with Crippen LogP contribution in [-0.4, -0.2) is 11.1 Å². The Kier molecular flexibility index (Phi) is 4.79. The van der Waals surface area contributed by atoms with Gasteiger partial charge in [-0.05, 0) is 29.1 Å². The molecule has 3 aromatic rings. The summed E-state index contributed by atoms with van der Waals surface area (Å²) in [4.78, 5) is 12.3. The Morgan fingerprint density at radius 3 is 2.42 bits per heavy atom. The van der Waals surface area contributed by atoms with Gasteiger partial charge in [-0.1, -0.05) is 71.0 Å². The molecule has 0 unspecified atom stereocenters. The average Bonchev–Trinajstić information content (AvgIpc) is 2.61. The fraction of sp³-hybridized carbons (Fsp3) is 0.0500. The van der Waals surface area contributed by atoms with Gasteiger partial charge in [0, 0.05) is 9.86 Å². The van der Waals surface area contributed by atoms with Crippen LogP contribution in [-0.2, 0) is 4.79 Å². The van der Waals surface area contributed by atoms with Crippen molar-refractivity contribution >= 4 is 32.7 Å². The monoisotopic (exact) mass is 382 g/mol. The molecule has 24 heavy (non-hydrogen) atoms. The van der Waals surface area contributed by atoms with Crippen molar-refractivity contribution in [1.82, 2.24) is 0 Å². The summed E-state index contributed by atoms with van der Waals surface area (Å²) in [5.41, 5.74) is 0.573. The lowest BCUT2D eigenvalue weighted by Crippen LogP contribution is -2.16. The zero-order valence-corrected chi connectivity index (χ0v) is 14.4. The fourth-order valence-electron chi connectivity index (χ4n) is 2.41. The number of ether oxygens (including phenoxy) is 1. The molecule has 3 aromatic carbocycles. The summed E-state index contributed by atoms with van der Waals surface area (Å²) in [7, 11) is 0. The molecule has 0 aliphatic rings. The van der Waals surface area contributed by atoms with Crippen molar-refractivity contribution in [1.29, 1.82) is 0 Å². The lowest BCUT2D eigenvalue weighted by atomic mass is 10.0. The van der Waals surface area contributed by atoms with Crippen LogP contribution >= 0.6 is 15.9 Å². The van der Waals surface area contributed by atoms with E-state index in [-0.39, 0.29) is 5.57 Å². The number of halogens is 1. The number of hydrogen-bond acceptors (Lipinski definition) is 3. The van der Waals surface area contributed by atoms with Gasteiger partial charge in [0.1, 0.15) is 11.9 Å². The molecular weight excluding hydrogens is 368 g/mol. The van der Waals surface area contributed by atoms with Crippen LogP contribution in [0.15, 0.2) is 83.4 Å². The van der Waals surface area contributed by atoms with Crippen molar-refractivity contribution in [2.45, 2.75) is 6.10 Å². The zero-order chi connectivity index (χ0) is 17.1. The lowest BCUT2D eigenvalue weighted by Gasteiger charge is -2.14. The van der Waals surface area contributed by atoms with E-state index < -0.39 is 12.1 Å². The van der Waals surface area contributed by atoms with Crippen molar-refractivity contribution in [2.24, 2.45) is 0 Å². The van der Waals surface area contributed by atoms with Gasteiger partial charge in [0.2, 0.25) is 0 Å². The molecule has 4 heteroatoms. The number of aliphatic hydroxyl groups is 1. The topological polar surface area (TPSA) is 46.5 Å². The molecular formula is C20H15BrO3. The third-order valence-electron chi connectivity index (χ3n) is 3.73. The number of fused-ring (bicyclic) bond motifs is 1. The van der Waals surface area contributed by atoms with Crippen LogP contribution in [0.2, 0.25) is 0 Å². The van der Waals surface area contributed by atoms with E-state index in [2.05, 4.69) is 22.5 Å². The van der Waals surface area contributed by atoms with Gasteiger partial charge in [-0.25, -0.2) is 4.79 Å². The van der Waals surface area contributed by atoms with Gasteiger partial charge in [-0.15, -0.1) is 0 Å². The first-order valence-corrected chi connectivity index (χ1v) is 8.18. The summed E-state index contributed by atoms with van der Waals surface area (Å²) in [6.07, 6.45) is -1.11. The van der Waals surface area contributed by atoms with E-state index in [0.717, 1.165) is 15.2 Å². The van der Waals surface area contributed by atoms with Gasteiger partial charge < -0.3 is 9.84 Å². The fourth-order valence-corrected chi connectivity index (χ4v) is 2.67. The van der Waals surface area contributed by atoms with E-state index in [1.54, 1.807) is 30.3 Å². The highest BCUT2D eigenvalue weighted by molar-refractivity contribution is 9.10. The van der Waals surface area contributed by atoms with Gasteiger partial charge in [0.05, 0.1) is 5.57 Å². The molecule has 0 spiro atoms. The first-order chi connectivity index (χ1) is 11.6. The molecule has 0 aliphatic heterocycles. The van der Waals surface area contributed by atoms with Crippen LogP contribution in [0.25, 0.3) is 10.8 Å². The van der Waals surface area contributed by atoms with E-state index in [4.69, 9.17) is 4.74 Å². The third kappa shape index (κ3) is 3.40. The number of carbonyl (C=O) groups excluding carboxylic acids is 1. The number of carbonyl (C=O) groups is 1. The molecule has 0 fully saturated rings. The summed E-state index contributed by atoms with van der Waals surface area (Å²) >= 11 is 3.33. The maximum absolute atomic E-state index is 12.3. The number of esters is 1. The number of rotatable bonds is 4. The van der Waals surface area contributed by atoms with Gasteiger partial charge in [-0.2, -0.15) is 0 Å². The van der Waals surface area contributed by atoms with Gasteiger partial charge in [0.25, 0.3) is 0 Å². The lowest BCUT2D eigenvalue weighted by molar-refractivity contribution is -0.131. The predicted molar refractivity (Wildman–Crippen MR) is 97.8 cm³/mol. The van der Waals surface area contributed by atoms with Crippen LogP contribution in [0.5, 0.6) is 5.75 Å². The highest BCUT2D eigenvalue weighted by Crippen LogP contribution is 2.28. The number of benzene rings is 3. The minimum Gasteiger partial charge on any atom is -0.422 e. The molecule has 0 saturated carbocycles. The second-order valence-electron chi connectivity index (χ2n) is 5.35. The van der Waals surface area contributed by atoms with Crippen LogP contribution in [0.4, 0.5) is 0 Å². The van der Waals surface area contributed by atoms with Gasteiger partial charge >= 0.3 is 5.97 Å². The van der Waals surface area contributed by atoms with E-state index >= 15 is 0 Å². The first kappa shape index (κ1) is 16.4. The Hall–Kier alpha value is -2.43. The smallest absolute Gasteiger partial charge is 0.341 e. The number of aliphatic hydroxyl groups excluding tert-OH is 1. The normalized spacial score (nSPS) is 11.9. The molecule has 1 atom stereocenters. The van der Waals surface area contributed by atoms with Crippen molar-refractivity contribution in [3.05, 3.63) is 88.9 Å². The first-order valence-electron chi connectivity index (χ1n) is 7.38. The van der Waals surface area contributed by atoms with E-state index in [9.17, 15) is 9.90 Å². The quantitative estimate of drug-likeness (QED) is 0.400. The maximum Gasteiger partial charge on any atom is 0.341 e. The van der Waals surface area contributed by atoms with Gasteiger partial charge in [0.15, 0.2) is 0 Å². The van der Waals surface area contributed by atoms with Gasteiger partial charge in [-0.3, -0.25) is 0 Å². The summed E-state index contributed by atoms with van der Waals surface area (Å²) in [6, 6.07) is 20.1. The molecule has 3 nitrogen and oxygen atoms in total. The summed E-state index contributed by atoms with van der Waals surface area (Å²) in [5.74, 6) is -0.205. The molecule has 0 heterocycles. The minimum atomic E-state index is -1.11. The van der Waals surface area contributed by atoms with Crippen molar-refractivity contribution < 1.29 is 14.6 Å². The Bertz CT molecular complexity index is 895. The van der Waals surface area contributed by atoms with E-state index in [1.165, 1.54) is 0 Å². The predicted octanol–water partition coefficient (Wildman–Crippen LogP) is 4.80. The minimum absolute atomic E-state index is 0.00902. The highest BCUT2D eigenvalue weighted by atomic mass is 79.9. The second kappa shape index (κ2) is 6.99. The molecule has 0 aromatic heterocycles. The average molecular weight is 383 g/mol. The van der Waals surface area contributed by atoms with Crippen LogP contribution in [0, 0.1) is 0 Å². The molecule has 0 saturated heterocycles. The highest BCUT2D eigenvalue weighted by Gasteiger charge is 2.21. The molecule has 3 rings (SSSR count). The van der Waals surface area contributed by atoms with Crippen LogP contribution in [0.3, 0.4) is 0 Å². The summed E-state index contributed by atoms with van der Waals surface area (Å²) in [6.45, 7) is 3.69. The molecule has 1 N–H and O–H groups in total. The standard InChI is InChI=1S/C20H15BrO3/c1-13(19(22)15-9-11-16(21)12-10-15)20(23)24-18-8-4-6-14-5-2-3-7-17(14)18/h2-12,19,22H,1H2/t19-/m0/s1. The molecule has 0 bridgehead atoms. The SMILES string of the molecule is C=C(C(=O)Oc1cccc2ccccc12)[C@H](O)c1ccc(Br)cc1. The Balaban J connectivity index is 1.81. The number of hydrogen-bond donors (Lipinski definition) is 1. The Labute approximate surface area is 148 Å². The molecule has 0 aliphatic carbocycles. The van der Waals surface area contributed by atoms with E-state index in [1.807, 2.05) is 36.4 Å². The Morgan fingerprint density at radius 1 is 1.00 bits per heavy atom. The largest absolute Gasteiger partial charge is 0.422 e. The molecule has 0 amide bonds. The second-order valence-corrected chi connectivity index (χ2v) is 6.26. The molecule has 120 valence electrons. The van der Waals surface area contributed by atoms with E-state index in [0.29, 0.717) is 11.3 Å². The Morgan fingerprint density at radius 2 is 1.67 bits per heavy atom. The summed E-state index contributed by atoms with van der Waals surface area (Å²) < 4.78 is 6.34. The van der Waals surface area contributed by atoms with Crippen molar-refractivity contribution in [3.63, 3.8) is 0 Å². The maximum atomic E-state index is 12.3. The van der Waals surface area contributed by atoms with Crippen molar-refractivity contribution in [3.8, 4) is 5.75 Å².